The number of benzene rings is 3. The lowest BCUT2D eigenvalue weighted by Gasteiger charge is -2.14. The SMILES string of the molecule is CCOc1ccccc1NC(=O)C(=O)Nn1c(C(=O)Nc2ccc(Cl)cc2Cl)cc2cc(Cl)ccc21. The van der Waals surface area contributed by atoms with Crippen LogP contribution in [0.2, 0.25) is 15.1 Å². The van der Waals surface area contributed by atoms with Crippen molar-refractivity contribution >= 4 is 74.8 Å². The predicted octanol–water partition coefficient (Wildman–Crippen LogP) is 5.96. The first-order valence-electron chi connectivity index (χ1n) is 10.7. The van der Waals surface area contributed by atoms with Crippen LogP contribution in [0, 0.1) is 0 Å². The number of halogens is 3. The van der Waals surface area contributed by atoms with Gasteiger partial charge in [0.25, 0.3) is 5.91 Å². The van der Waals surface area contributed by atoms with Gasteiger partial charge in [-0.05, 0) is 61.5 Å². The Bertz CT molecular complexity index is 1490. The van der Waals surface area contributed by atoms with E-state index in [-0.39, 0.29) is 10.7 Å². The minimum Gasteiger partial charge on any atom is -0.492 e. The fraction of sp³-hybridized carbons (Fsp3) is 0.0800. The molecule has 11 heteroatoms. The Hall–Kier alpha value is -3.72. The molecule has 1 heterocycles. The first-order chi connectivity index (χ1) is 17.3. The zero-order chi connectivity index (χ0) is 25.8. The summed E-state index contributed by atoms with van der Waals surface area (Å²) in [6, 6.07) is 17.7. The average Bonchev–Trinajstić information content (AvgIpc) is 3.19. The van der Waals surface area contributed by atoms with Crippen LogP contribution < -0.4 is 20.8 Å². The van der Waals surface area contributed by atoms with Crippen molar-refractivity contribution in [1.82, 2.24) is 4.68 Å². The van der Waals surface area contributed by atoms with Crippen molar-refractivity contribution in [3.05, 3.63) is 87.5 Å². The smallest absolute Gasteiger partial charge is 0.328 e. The van der Waals surface area contributed by atoms with E-state index in [2.05, 4.69) is 16.1 Å². The van der Waals surface area contributed by atoms with E-state index in [1.54, 1.807) is 61.5 Å². The number of anilines is 2. The summed E-state index contributed by atoms with van der Waals surface area (Å²) in [4.78, 5) is 38.7. The Kier molecular flexibility index (Phi) is 7.69. The molecule has 0 unspecified atom stereocenters. The zero-order valence-corrected chi connectivity index (χ0v) is 21.0. The molecule has 0 aliphatic heterocycles. The lowest BCUT2D eigenvalue weighted by atomic mass is 10.2. The number of amides is 3. The van der Waals surface area contributed by atoms with Gasteiger partial charge < -0.3 is 15.4 Å². The van der Waals surface area contributed by atoms with Crippen molar-refractivity contribution in [2.75, 3.05) is 22.7 Å². The number of rotatable bonds is 6. The van der Waals surface area contributed by atoms with Gasteiger partial charge in [-0.1, -0.05) is 46.9 Å². The van der Waals surface area contributed by atoms with Gasteiger partial charge in [-0.25, -0.2) is 4.68 Å². The highest BCUT2D eigenvalue weighted by molar-refractivity contribution is 6.42. The van der Waals surface area contributed by atoms with Crippen LogP contribution in [0.5, 0.6) is 5.75 Å². The van der Waals surface area contributed by atoms with Crippen LogP contribution in [0.4, 0.5) is 11.4 Å². The van der Waals surface area contributed by atoms with Gasteiger partial charge in [-0.15, -0.1) is 0 Å². The molecule has 184 valence electrons. The van der Waals surface area contributed by atoms with Crippen LogP contribution >= 0.6 is 34.8 Å². The molecule has 36 heavy (non-hydrogen) atoms. The molecule has 0 aliphatic carbocycles. The molecule has 0 radical (unpaired) electrons. The van der Waals surface area contributed by atoms with Gasteiger partial charge in [0, 0.05) is 15.4 Å². The fourth-order valence-electron chi connectivity index (χ4n) is 3.43. The second-order valence-electron chi connectivity index (χ2n) is 7.47. The zero-order valence-electron chi connectivity index (χ0n) is 18.8. The van der Waals surface area contributed by atoms with Crippen molar-refractivity contribution in [2.45, 2.75) is 6.92 Å². The molecule has 1 aromatic heterocycles. The molecule has 0 saturated carbocycles. The van der Waals surface area contributed by atoms with Crippen molar-refractivity contribution < 1.29 is 19.1 Å². The van der Waals surface area contributed by atoms with Gasteiger partial charge >= 0.3 is 11.8 Å². The molecule has 3 amide bonds. The van der Waals surface area contributed by atoms with E-state index in [1.165, 1.54) is 16.8 Å². The number of ether oxygens (including phenoxy) is 1. The average molecular weight is 546 g/mol. The summed E-state index contributed by atoms with van der Waals surface area (Å²) in [5, 5.41) is 6.85. The van der Waals surface area contributed by atoms with Crippen LogP contribution in [0.1, 0.15) is 17.4 Å². The summed E-state index contributed by atoms with van der Waals surface area (Å²) in [5.74, 6) is -2.13. The van der Waals surface area contributed by atoms with Crippen molar-refractivity contribution in [3.63, 3.8) is 0 Å². The van der Waals surface area contributed by atoms with Crippen LogP contribution in [0.15, 0.2) is 66.7 Å². The highest BCUT2D eigenvalue weighted by atomic mass is 35.5. The second-order valence-corrected chi connectivity index (χ2v) is 8.75. The number of nitrogens with zero attached hydrogens (tertiary/aromatic N) is 1. The molecular weight excluding hydrogens is 527 g/mol. The van der Waals surface area contributed by atoms with E-state index >= 15 is 0 Å². The van der Waals surface area contributed by atoms with Gasteiger partial charge in [-0.2, -0.15) is 0 Å². The van der Waals surface area contributed by atoms with E-state index < -0.39 is 17.7 Å². The first kappa shape index (κ1) is 25.4. The minimum atomic E-state index is -1.01. The molecule has 3 N–H and O–H groups in total. The molecule has 4 aromatic rings. The fourth-order valence-corrected chi connectivity index (χ4v) is 4.07. The van der Waals surface area contributed by atoms with E-state index in [4.69, 9.17) is 39.5 Å². The Balaban J connectivity index is 1.63. The number of hydrogen-bond donors (Lipinski definition) is 3. The number of fused-ring (bicyclic) bond motifs is 1. The second kappa shape index (κ2) is 10.9. The van der Waals surface area contributed by atoms with Gasteiger partial charge in [0.2, 0.25) is 0 Å². The Morgan fingerprint density at radius 3 is 2.31 bits per heavy atom. The molecule has 0 aliphatic rings. The van der Waals surface area contributed by atoms with Crippen molar-refractivity contribution in [2.24, 2.45) is 0 Å². The predicted molar refractivity (Wildman–Crippen MR) is 142 cm³/mol. The number of aromatic nitrogens is 1. The summed E-state index contributed by atoms with van der Waals surface area (Å²) in [5.41, 5.74) is 3.61. The van der Waals surface area contributed by atoms with Crippen LogP contribution in [0.25, 0.3) is 10.9 Å². The maximum atomic E-state index is 13.2. The summed E-state index contributed by atoms with van der Waals surface area (Å²) < 4.78 is 6.69. The number of nitrogens with one attached hydrogen (secondary N) is 3. The number of hydrogen-bond acceptors (Lipinski definition) is 4. The molecule has 0 spiro atoms. The molecule has 0 bridgehead atoms. The third-order valence-corrected chi connectivity index (χ3v) is 5.81. The van der Waals surface area contributed by atoms with E-state index in [0.717, 1.165) is 0 Å². The summed E-state index contributed by atoms with van der Waals surface area (Å²) in [6.45, 7) is 2.19. The Morgan fingerprint density at radius 1 is 0.833 bits per heavy atom. The molecule has 0 fully saturated rings. The maximum Gasteiger partial charge on any atom is 0.328 e. The summed E-state index contributed by atoms with van der Waals surface area (Å²) in [7, 11) is 0. The first-order valence-corrected chi connectivity index (χ1v) is 11.8. The lowest BCUT2D eigenvalue weighted by Crippen LogP contribution is -2.36. The quantitative estimate of drug-likeness (QED) is 0.260. The highest BCUT2D eigenvalue weighted by Crippen LogP contribution is 2.28. The number of carbonyl (C=O) groups excluding carboxylic acids is 3. The van der Waals surface area contributed by atoms with Gasteiger partial charge in [0.05, 0.1) is 28.5 Å². The summed E-state index contributed by atoms with van der Waals surface area (Å²) in [6.07, 6.45) is 0. The van der Waals surface area contributed by atoms with Crippen LogP contribution in [-0.2, 0) is 9.59 Å². The van der Waals surface area contributed by atoms with Crippen LogP contribution in [0.3, 0.4) is 0 Å². The van der Waals surface area contributed by atoms with E-state index in [9.17, 15) is 14.4 Å². The molecule has 0 atom stereocenters. The van der Waals surface area contributed by atoms with Crippen molar-refractivity contribution in [1.29, 1.82) is 0 Å². The number of carbonyl (C=O) groups is 3. The maximum absolute atomic E-state index is 13.2. The van der Waals surface area contributed by atoms with E-state index in [0.29, 0.717) is 44.7 Å². The van der Waals surface area contributed by atoms with Gasteiger partial charge in [0.15, 0.2) is 0 Å². The Labute approximate surface area is 221 Å². The monoisotopic (exact) mass is 544 g/mol. The standard InChI is InChI=1S/C25H19Cl3N4O4/c1-2-36-22-6-4-3-5-19(22)30-24(34)25(35)31-32-20-10-8-15(26)11-14(20)12-21(32)23(33)29-18-9-7-16(27)13-17(18)28/h3-13H,2H2,1H3,(H,29,33)(H,30,34)(H,31,35). The molecule has 4 rings (SSSR count). The van der Waals surface area contributed by atoms with E-state index in [1.807, 2.05) is 0 Å². The minimum absolute atomic E-state index is 0.0362. The topological polar surface area (TPSA) is 101 Å². The lowest BCUT2D eigenvalue weighted by molar-refractivity contribution is -0.133. The van der Waals surface area contributed by atoms with Gasteiger partial charge in [-0.3, -0.25) is 19.8 Å². The largest absolute Gasteiger partial charge is 0.492 e. The number of para-hydroxylation sites is 2. The van der Waals surface area contributed by atoms with Gasteiger partial charge in [0.1, 0.15) is 11.4 Å². The molecule has 3 aromatic carbocycles. The third-order valence-electron chi connectivity index (χ3n) is 5.03. The molecular formula is C25H19Cl3N4O4. The normalized spacial score (nSPS) is 10.7. The summed E-state index contributed by atoms with van der Waals surface area (Å²) >= 11 is 18.2. The van der Waals surface area contributed by atoms with Crippen LogP contribution in [-0.4, -0.2) is 29.0 Å². The third kappa shape index (κ3) is 5.57. The highest BCUT2D eigenvalue weighted by Gasteiger charge is 2.22. The molecule has 0 saturated heterocycles. The Morgan fingerprint density at radius 2 is 1.56 bits per heavy atom. The van der Waals surface area contributed by atoms with Crippen molar-refractivity contribution in [3.8, 4) is 5.75 Å². The molecule has 8 nitrogen and oxygen atoms in total.